The van der Waals surface area contributed by atoms with E-state index in [1.807, 2.05) is 0 Å². The summed E-state index contributed by atoms with van der Waals surface area (Å²) >= 11 is 0. The van der Waals surface area contributed by atoms with Gasteiger partial charge in [0.25, 0.3) is 0 Å². The average Bonchev–Trinajstić information content (AvgIpc) is 2.40. The molecule has 1 aromatic carbocycles. The van der Waals surface area contributed by atoms with E-state index in [4.69, 9.17) is 0 Å². The molecule has 1 aliphatic carbocycles. The standard InChI is InChI=1S/C19H31N/c1-4-20-19(17-12-8-6-5-7-9-13-17)18-14-10-11-15(2)16(18)3/h10-11,14,17,19-20H,4-9,12-13H2,1-3H3. The molecule has 0 saturated heterocycles. The lowest BCUT2D eigenvalue weighted by atomic mass is 9.81. The first-order chi connectivity index (χ1) is 9.74. The third-order valence-corrected chi connectivity index (χ3v) is 5.03. The van der Waals surface area contributed by atoms with Crippen molar-refractivity contribution >= 4 is 0 Å². The molecule has 0 aliphatic heterocycles. The van der Waals surface area contributed by atoms with Crippen molar-refractivity contribution in [3.05, 3.63) is 34.9 Å². The number of nitrogens with one attached hydrogen (secondary N) is 1. The van der Waals surface area contributed by atoms with Crippen molar-refractivity contribution in [2.45, 2.75) is 71.8 Å². The molecule has 0 radical (unpaired) electrons. The highest BCUT2D eigenvalue weighted by Gasteiger charge is 2.24. The van der Waals surface area contributed by atoms with Crippen molar-refractivity contribution in [1.29, 1.82) is 0 Å². The Labute approximate surface area is 125 Å². The summed E-state index contributed by atoms with van der Waals surface area (Å²) < 4.78 is 0. The Morgan fingerprint density at radius 2 is 1.70 bits per heavy atom. The summed E-state index contributed by atoms with van der Waals surface area (Å²) in [6, 6.07) is 7.36. The fourth-order valence-corrected chi connectivity index (χ4v) is 3.68. The molecule has 1 N–H and O–H groups in total. The Bertz CT molecular complexity index is 402. The van der Waals surface area contributed by atoms with E-state index in [0.717, 1.165) is 12.5 Å². The highest BCUT2D eigenvalue weighted by atomic mass is 14.9. The lowest BCUT2D eigenvalue weighted by molar-refractivity contribution is 0.291. The van der Waals surface area contributed by atoms with Crippen molar-refractivity contribution in [1.82, 2.24) is 5.32 Å². The Hall–Kier alpha value is -0.820. The van der Waals surface area contributed by atoms with Gasteiger partial charge in [-0.1, -0.05) is 57.2 Å². The van der Waals surface area contributed by atoms with Crippen LogP contribution in [0.5, 0.6) is 0 Å². The molecule has 1 heteroatoms. The van der Waals surface area contributed by atoms with Gasteiger partial charge in [0.1, 0.15) is 0 Å². The van der Waals surface area contributed by atoms with E-state index in [1.165, 1.54) is 61.6 Å². The summed E-state index contributed by atoms with van der Waals surface area (Å²) in [6.45, 7) is 7.83. The van der Waals surface area contributed by atoms with Gasteiger partial charge in [0, 0.05) is 6.04 Å². The molecule has 1 aliphatic rings. The molecule has 1 unspecified atom stereocenters. The molecule has 1 fully saturated rings. The van der Waals surface area contributed by atoms with Crippen LogP contribution in [-0.2, 0) is 0 Å². The van der Waals surface area contributed by atoms with Crippen LogP contribution in [-0.4, -0.2) is 6.54 Å². The maximum Gasteiger partial charge on any atom is 0.0351 e. The SMILES string of the molecule is CCNC(c1cccc(C)c1C)C1CCCCCCC1. The van der Waals surface area contributed by atoms with Crippen LogP contribution in [0.1, 0.15) is 74.6 Å². The second kappa shape index (κ2) is 7.83. The summed E-state index contributed by atoms with van der Waals surface area (Å²) in [4.78, 5) is 0. The van der Waals surface area contributed by atoms with E-state index in [1.54, 1.807) is 0 Å². The zero-order chi connectivity index (χ0) is 14.4. The first kappa shape index (κ1) is 15.6. The van der Waals surface area contributed by atoms with Gasteiger partial charge in [-0.05, 0) is 55.8 Å². The van der Waals surface area contributed by atoms with Gasteiger partial charge in [-0.2, -0.15) is 0 Å². The Morgan fingerprint density at radius 1 is 1.05 bits per heavy atom. The minimum Gasteiger partial charge on any atom is -0.310 e. The number of aryl methyl sites for hydroxylation is 1. The minimum absolute atomic E-state index is 0.554. The van der Waals surface area contributed by atoms with Crippen LogP contribution in [0.3, 0.4) is 0 Å². The monoisotopic (exact) mass is 273 g/mol. The van der Waals surface area contributed by atoms with Crippen molar-refractivity contribution < 1.29 is 0 Å². The zero-order valence-corrected chi connectivity index (χ0v) is 13.5. The third kappa shape index (κ3) is 3.85. The first-order valence-corrected chi connectivity index (χ1v) is 8.53. The molecule has 20 heavy (non-hydrogen) atoms. The fourth-order valence-electron chi connectivity index (χ4n) is 3.68. The first-order valence-electron chi connectivity index (χ1n) is 8.53. The summed E-state index contributed by atoms with van der Waals surface area (Å²) in [5.41, 5.74) is 4.45. The lowest BCUT2D eigenvalue weighted by Gasteiger charge is -2.31. The molecule has 0 spiro atoms. The van der Waals surface area contributed by atoms with Crippen molar-refractivity contribution in [2.75, 3.05) is 6.54 Å². The van der Waals surface area contributed by atoms with Crippen molar-refractivity contribution in [3.63, 3.8) is 0 Å². The largest absolute Gasteiger partial charge is 0.310 e. The fraction of sp³-hybridized carbons (Fsp3) is 0.684. The van der Waals surface area contributed by atoms with Crippen LogP contribution in [0.25, 0.3) is 0 Å². The Kier molecular flexibility index (Phi) is 6.09. The number of hydrogen-bond acceptors (Lipinski definition) is 1. The molecule has 0 bridgehead atoms. The van der Waals surface area contributed by atoms with Gasteiger partial charge in [0.2, 0.25) is 0 Å². The molecule has 1 aromatic rings. The van der Waals surface area contributed by atoms with Crippen LogP contribution in [0.4, 0.5) is 0 Å². The molecule has 1 nitrogen and oxygen atoms in total. The smallest absolute Gasteiger partial charge is 0.0351 e. The van der Waals surface area contributed by atoms with E-state index in [9.17, 15) is 0 Å². The molecule has 0 aromatic heterocycles. The van der Waals surface area contributed by atoms with Gasteiger partial charge in [0.05, 0.1) is 0 Å². The predicted molar refractivity (Wildman–Crippen MR) is 88.1 cm³/mol. The van der Waals surface area contributed by atoms with E-state index >= 15 is 0 Å². The van der Waals surface area contributed by atoms with Gasteiger partial charge in [-0.15, -0.1) is 0 Å². The van der Waals surface area contributed by atoms with Crippen LogP contribution < -0.4 is 5.32 Å². The molecule has 0 amide bonds. The summed E-state index contributed by atoms with van der Waals surface area (Å²) in [7, 11) is 0. The van der Waals surface area contributed by atoms with Crippen LogP contribution in [0.2, 0.25) is 0 Å². The van der Waals surface area contributed by atoms with Gasteiger partial charge >= 0.3 is 0 Å². The van der Waals surface area contributed by atoms with Gasteiger partial charge in [-0.3, -0.25) is 0 Å². The zero-order valence-electron chi connectivity index (χ0n) is 13.5. The van der Waals surface area contributed by atoms with Gasteiger partial charge < -0.3 is 5.32 Å². The lowest BCUT2D eigenvalue weighted by Crippen LogP contribution is -2.29. The molecule has 0 heterocycles. The molecule has 1 saturated carbocycles. The molecule has 1 atom stereocenters. The Balaban J connectivity index is 2.22. The number of rotatable bonds is 4. The van der Waals surface area contributed by atoms with Gasteiger partial charge in [-0.25, -0.2) is 0 Å². The summed E-state index contributed by atoms with van der Waals surface area (Å²) in [5, 5.41) is 3.78. The maximum absolute atomic E-state index is 3.78. The van der Waals surface area contributed by atoms with E-state index in [-0.39, 0.29) is 0 Å². The predicted octanol–water partition coefficient (Wildman–Crippen LogP) is 5.31. The number of hydrogen-bond donors (Lipinski definition) is 1. The molecular weight excluding hydrogens is 242 g/mol. The molecule has 2 rings (SSSR count). The van der Waals surface area contributed by atoms with Crippen molar-refractivity contribution in [3.8, 4) is 0 Å². The highest BCUT2D eigenvalue weighted by Crippen LogP contribution is 2.34. The molecule has 112 valence electrons. The Morgan fingerprint density at radius 3 is 2.35 bits per heavy atom. The quantitative estimate of drug-likeness (QED) is 0.783. The normalized spacial score (nSPS) is 19.4. The minimum atomic E-state index is 0.554. The third-order valence-electron chi connectivity index (χ3n) is 5.03. The second-order valence-electron chi connectivity index (χ2n) is 6.43. The maximum atomic E-state index is 3.78. The topological polar surface area (TPSA) is 12.0 Å². The van der Waals surface area contributed by atoms with E-state index in [0.29, 0.717) is 6.04 Å². The number of benzene rings is 1. The summed E-state index contributed by atoms with van der Waals surface area (Å²) in [5.74, 6) is 0.816. The van der Waals surface area contributed by atoms with Crippen LogP contribution in [0.15, 0.2) is 18.2 Å². The molecular formula is C19H31N. The second-order valence-corrected chi connectivity index (χ2v) is 6.43. The van der Waals surface area contributed by atoms with Crippen LogP contribution in [0, 0.1) is 19.8 Å². The van der Waals surface area contributed by atoms with Crippen molar-refractivity contribution in [2.24, 2.45) is 5.92 Å². The van der Waals surface area contributed by atoms with Gasteiger partial charge in [0.15, 0.2) is 0 Å². The van der Waals surface area contributed by atoms with E-state index < -0.39 is 0 Å². The van der Waals surface area contributed by atoms with E-state index in [2.05, 4.69) is 44.3 Å². The van der Waals surface area contributed by atoms with Crippen LogP contribution >= 0.6 is 0 Å². The average molecular weight is 273 g/mol. The summed E-state index contributed by atoms with van der Waals surface area (Å²) in [6.07, 6.45) is 9.93. The highest BCUT2D eigenvalue weighted by molar-refractivity contribution is 5.35.